The van der Waals surface area contributed by atoms with Gasteiger partial charge in [0.15, 0.2) is 0 Å². The van der Waals surface area contributed by atoms with Crippen molar-refractivity contribution in [2.24, 2.45) is 11.3 Å². The first-order valence-electron chi connectivity index (χ1n) is 6.74. The van der Waals surface area contributed by atoms with Crippen LogP contribution < -0.4 is 0 Å². The van der Waals surface area contributed by atoms with E-state index in [0.717, 1.165) is 23.2 Å². The van der Waals surface area contributed by atoms with Crippen LogP contribution in [0.5, 0.6) is 0 Å². The molecule has 1 fully saturated rings. The van der Waals surface area contributed by atoms with E-state index in [1.54, 1.807) is 0 Å². The zero-order valence-electron chi connectivity index (χ0n) is 11.0. The van der Waals surface area contributed by atoms with Gasteiger partial charge < -0.3 is 9.52 Å². The van der Waals surface area contributed by atoms with Crippen LogP contribution in [-0.2, 0) is 0 Å². The molecule has 0 spiro atoms. The summed E-state index contributed by atoms with van der Waals surface area (Å²) < 4.78 is 5.79. The SMILES string of the molecule is CC1(C)CCCC1C(O)c1cc2ccccc2o1. The first kappa shape index (κ1) is 11.8. The highest BCUT2D eigenvalue weighted by Gasteiger charge is 2.40. The standard InChI is InChI=1S/C16H20O2/c1-16(2)9-5-7-12(16)15(17)14-10-11-6-3-4-8-13(11)18-14/h3-4,6,8,10,12,15,17H,5,7,9H2,1-2H3. The third kappa shape index (κ3) is 1.85. The summed E-state index contributed by atoms with van der Waals surface area (Å²) in [5.41, 5.74) is 1.07. The molecule has 3 rings (SSSR count). The number of aliphatic hydroxyl groups is 1. The maximum absolute atomic E-state index is 10.6. The average Bonchev–Trinajstić information content (AvgIpc) is 2.90. The van der Waals surface area contributed by atoms with Gasteiger partial charge in [0.1, 0.15) is 17.4 Å². The lowest BCUT2D eigenvalue weighted by Crippen LogP contribution is -2.23. The predicted octanol–water partition coefficient (Wildman–Crippen LogP) is 4.29. The maximum atomic E-state index is 10.6. The first-order chi connectivity index (χ1) is 8.58. The molecule has 0 saturated heterocycles. The lowest BCUT2D eigenvalue weighted by Gasteiger charge is -2.30. The largest absolute Gasteiger partial charge is 0.458 e. The fourth-order valence-corrected chi connectivity index (χ4v) is 3.29. The van der Waals surface area contributed by atoms with E-state index in [2.05, 4.69) is 13.8 Å². The summed E-state index contributed by atoms with van der Waals surface area (Å²) in [5, 5.41) is 11.6. The predicted molar refractivity (Wildman–Crippen MR) is 72.3 cm³/mol. The fourth-order valence-electron chi connectivity index (χ4n) is 3.29. The number of hydrogen-bond donors (Lipinski definition) is 1. The molecule has 96 valence electrons. The molecule has 0 amide bonds. The van der Waals surface area contributed by atoms with Gasteiger partial charge in [-0.2, -0.15) is 0 Å². The zero-order valence-corrected chi connectivity index (χ0v) is 11.0. The van der Waals surface area contributed by atoms with E-state index >= 15 is 0 Å². The van der Waals surface area contributed by atoms with Gasteiger partial charge in [0.05, 0.1) is 0 Å². The fraction of sp³-hybridized carbons (Fsp3) is 0.500. The highest BCUT2D eigenvalue weighted by molar-refractivity contribution is 5.77. The molecule has 1 saturated carbocycles. The molecule has 2 unspecified atom stereocenters. The molecule has 1 N–H and O–H groups in total. The lowest BCUT2D eigenvalue weighted by molar-refractivity contribution is 0.0379. The van der Waals surface area contributed by atoms with Crippen molar-refractivity contribution in [3.8, 4) is 0 Å². The van der Waals surface area contributed by atoms with Gasteiger partial charge in [0, 0.05) is 5.39 Å². The molecule has 1 heterocycles. The Labute approximate surface area is 108 Å². The quantitative estimate of drug-likeness (QED) is 0.854. The molecule has 1 aromatic heterocycles. The number of para-hydroxylation sites is 1. The molecule has 2 heteroatoms. The molecule has 1 aliphatic rings. The Morgan fingerprint density at radius 3 is 2.78 bits per heavy atom. The minimum Gasteiger partial charge on any atom is -0.458 e. The highest BCUT2D eigenvalue weighted by Crippen LogP contribution is 2.49. The molecule has 1 aliphatic carbocycles. The van der Waals surface area contributed by atoms with Gasteiger partial charge in [-0.1, -0.05) is 38.5 Å². The van der Waals surface area contributed by atoms with Crippen molar-refractivity contribution in [1.29, 1.82) is 0 Å². The Morgan fingerprint density at radius 2 is 2.11 bits per heavy atom. The van der Waals surface area contributed by atoms with Crippen molar-refractivity contribution >= 4 is 11.0 Å². The van der Waals surface area contributed by atoms with E-state index in [1.165, 1.54) is 12.8 Å². The molecule has 2 atom stereocenters. The molecule has 0 radical (unpaired) electrons. The number of furan rings is 1. The molecular weight excluding hydrogens is 224 g/mol. The second-order valence-electron chi connectivity index (χ2n) is 6.12. The van der Waals surface area contributed by atoms with E-state index in [0.29, 0.717) is 5.92 Å². The Bertz CT molecular complexity index is 520. The van der Waals surface area contributed by atoms with Gasteiger partial charge in [0.25, 0.3) is 0 Å². The summed E-state index contributed by atoms with van der Waals surface area (Å²) in [6.45, 7) is 4.49. The average molecular weight is 244 g/mol. The van der Waals surface area contributed by atoms with Gasteiger partial charge in [-0.3, -0.25) is 0 Å². The van der Waals surface area contributed by atoms with E-state index in [-0.39, 0.29) is 5.41 Å². The van der Waals surface area contributed by atoms with E-state index in [1.807, 2.05) is 30.3 Å². The van der Waals surface area contributed by atoms with Crippen LogP contribution in [-0.4, -0.2) is 5.11 Å². The summed E-state index contributed by atoms with van der Waals surface area (Å²) in [5.74, 6) is 1.02. The minimum absolute atomic E-state index is 0.207. The van der Waals surface area contributed by atoms with Crippen molar-refractivity contribution in [1.82, 2.24) is 0 Å². The van der Waals surface area contributed by atoms with Gasteiger partial charge in [0.2, 0.25) is 0 Å². The molecular formula is C16H20O2. The molecule has 0 aliphatic heterocycles. The van der Waals surface area contributed by atoms with Crippen molar-refractivity contribution in [2.45, 2.75) is 39.2 Å². The second-order valence-corrected chi connectivity index (χ2v) is 6.12. The normalized spacial score (nSPS) is 24.5. The maximum Gasteiger partial charge on any atom is 0.134 e. The smallest absolute Gasteiger partial charge is 0.134 e. The van der Waals surface area contributed by atoms with Crippen LogP contribution in [0, 0.1) is 11.3 Å². The number of hydrogen-bond acceptors (Lipinski definition) is 2. The number of benzene rings is 1. The van der Waals surface area contributed by atoms with E-state index in [4.69, 9.17) is 4.42 Å². The number of fused-ring (bicyclic) bond motifs is 1. The van der Waals surface area contributed by atoms with E-state index < -0.39 is 6.10 Å². The summed E-state index contributed by atoms with van der Waals surface area (Å²) in [7, 11) is 0. The van der Waals surface area contributed by atoms with Crippen LogP contribution in [0.25, 0.3) is 11.0 Å². The minimum atomic E-state index is -0.477. The summed E-state index contributed by atoms with van der Waals surface area (Å²) in [6.07, 6.45) is 3.00. The molecule has 18 heavy (non-hydrogen) atoms. The van der Waals surface area contributed by atoms with Crippen LogP contribution in [0.2, 0.25) is 0 Å². The Hall–Kier alpha value is -1.28. The number of rotatable bonds is 2. The number of aliphatic hydroxyl groups excluding tert-OH is 1. The highest BCUT2D eigenvalue weighted by atomic mass is 16.4. The van der Waals surface area contributed by atoms with Crippen LogP contribution >= 0.6 is 0 Å². The Balaban J connectivity index is 1.94. The summed E-state index contributed by atoms with van der Waals surface area (Å²) in [4.78, 5) is 0. The van der Waals surface area contributed by atoms with Crippen molar-refractivity contribution in [3.63, 3.8) is 0 Å². The van der Waals surface area contributed by atoms with Gasteiger partial charge in [-0.05, 0) is 36.3 Å². The van der Waals surface area contributed by atoms with Crippen LogP contribution in [0.1, 0.15) is 45.0 Å². The second kappa shape index (κ2) is 4.13. The van der Waals surface area contributed by atoms with Crippen molar-refractivity contribution in [3.05, 3.63) is 36.1 Å². The molecule has 1 aromatic carbocycles. The monoisotopic (exact) mass is 244 g/mol. The van der Waals surface area contributed by atoms with Crippen LogP contribution in [0.15, 0.2) is 34.7 Å². The van der Waals surface area contributed by atoms with Crippen molar-refractivity contribution in [2.75, 3.05) is 0 Å². The molecule has 2 nitrogen and oxygen atoms in total. The first-order valence-corrected chi connectivity index (χ1v) is 6.74. The Kier molecular flexibility index (Phi) is 2.70. The lowest BCUT2D eigenvalue weighted by atomic mass is 9.78. The zero-order chi connectivity index (χ0) is 12.8. The molecule has 2 aromatic rings. The third-order valence-electron chi connectivity index (χ3n) is 4.46. The topological polar surface area (TPSA) is 33.4 Å². The summed E-state index contributed by atoms with van der Waals surface area (Å²) in [6, 6.07) is 9.91. The van der Waals surface area contributed by atoms with Gasteiger partial charge in [-0.25, -0.2) is 0 Å². The van der Waals surface area contributed by atoms with E-state index in [9.17, 15) is 5.11 Å². The van der Waals surface area contributed by atoms with Crippen LogP contribution in [0.3, 0.4) is 0 Å². The third-order valence-corrected chi connectivity index (χ3v) is 4.46. The van der Waals surface area contributed by atoms with Gasteiger partial charge in [-0.15, -0.1) is 0 Å². The summed E-state index contributed by atoms with van der Waals surface area (Å²) >= 11 is 0. The van der Waals surface area contributed by atoms with Crippen LogP contribution in [0.4, 0.5) is 0 Å². The Morgan fingerprint density at radius 1 is 1.33 bits per heavy atom. The van der Waals surface area contributed by atoms with Crippen molar-refractivity contribution < 1.29 is 9.52 Å². The molecule has 0 bridgehead atoms. The van der Waals surface area contributed by atoms with Gasteiger partial charge >= 0.3 is 0 Å².